The maximum absolute atomic E-state index is 11.9. The Labute approximate surface area is 120 Å². The van der Waals surface area contributed by atoms with E-state index in [-0.39, 0.29) is 5.78 Å². The highest BCUT2D eigenvalue weighted by molar-refractivity contribution is 9.10. The molecule has 0 spiro atoms. The summed E-state index contributed by atoms with van der Waals surface area (Å²) < 4.78 is 5.95. The van der Waals surface area contributed by atoms with Gasteiger partial charge in [0.25, 0.3) is 0 Å². The number of allylic oxidation sites excluding steroid dienone is 1. The molecule has 0 N–H and O–H groups in total. The number of carbonyl (C=O) groups excluding carboxylic acids is 1. The topological polar surface area (TPSA) is 39.2 Å². The Morgan fingerprint density at radius 3 is 2.53 bits per heavy atom. The van der Waals surface area contributed by atoms with Gasteiger partial charge in [-0.3, -0.25) is 4.79 Å². The van der Waals surface area contributed by atoms with Gasteiger partial charge < -0.3 is 4.74 Å². The lowest BCUT2D eigenvalue weighted by Crippen LogP contribution is -1.96. The zero-order valence-corrected chi connectivity index (χ0v) is 11.9. The Bertz CT molecular complexity index is 589. The first-order chi connectivity index (χ1) is 9.19. The fourth-order valence-corrected chi connectivity index (χ4v) is 1.75. The summed E-state index contributed by atoms with van der Waals surface area (Å²) in [6, 6.07) is 11.1. The van der Waals surface area contributed by atoms with E-state index in [1.807, 2.05) is 24.3 Å². The summed E-state index contributed by atoms with van der Waals surface area (Å²) in [5.74, 6) is 0.409. The molecule has 2 aromatic rings. The maximum atomic E-state index is 11.9. The highest BCUT2D eigenvalue weighted by Gasteiger charge is 2.02. The van der Waals surface area contributed by atoms with Crippen molar-refractivity contribution in [1.29, 1.82) is 0 Å². The third-order valence-corrected chi connectivity index (χ3v) is 3.06. The van der Waals surface area contributed by atoms with E-state index in [1.165, 1.54) is 19.4 Å². The van der Waals surface area contributed by atoms with Gasteiger partial charge in [-0.15, -0.1) is 0 Å². The lowest BCUT2D eigenvalue weighted by atomic mass is 10.1. The number of aromatic nitrogens is 1. The number of benzene rings is 1. The number of ether oxygens (including phenoxy) is 1. The lowest BCUT2D eigenvalue weighted by molar-refractivity contribution is 0.104. The Morgan fingerprint density at radius 2 is 1.95 bits per heavy atom. The molecule has 0 radical (unpaired) electrons. The van der Waals surface area contributed by atoms with Gasteiger partial charge in [-0.05, 0) is 29.8 Å². The van der Waals surface area contributed by atoms with Crippen LogP contribution in [0.15, 0.2) is 53.1 Å². The molecule has 0 aliphatic rings. The van der Waals surface area contributed by atoms with E-state index >= 15 is 0 Å². The van der Waals surface area contributed by atoms with Crippen LogP contribution in [-0.2, 0) is 0 Å². The number of hydrogen-bond acceptors (Lipinski definition) is 3. The number of ketones is 1. The smallest absolute Gasteiger partial charge is 0.212 e. The second-order valence-electron chi connectivity index (χ2n) is 3.84. The third-order valence-electron chi connectivity index (χ3n) is 2.53. The predicted molar refractivity (Wildman–Crippen MR) is 78.3 cm³/mol. The van der Waals surface area contributed by atoms with Gasteiger partial charge in [0.1, 0.15) is 0 Å². The first-order valence-electron chi connectivity index (χ1n) is 5.67. The molecule has 0 aliphatic heterocycles. The predicted octanol–water partition coefficient (Wildman–Crippen LogP) is 3.75. The minimum absolute atomic E-state index is 0.0851. The van der Waals surface area contributed by atoms with Crippen LogP contribution in [0, 0.1) is 0 Å². The van der Waals surface area contributed by atoms with Gasteiger partial charge in [0, 0.05) is 22.3 Å². The summed E-state index contributed by atoms with van der Waals surface area (Å²) >= 11 is 3.36. The fourth-order valence-electron chi connectivity index (χ4n) is 1.49. The number of halogens is 1. The van der Waals surface area contributed by atoms with Crippen molar-refractivity contribution in [2.24, 2.45) is 0 Å². The number of nitrogens with zero attached hydrogens (tertiary/aromatic N) is 1. The monoisotopic (exact) mass is 317 g/mol. The summed E-state index contributed by atoms with van der Waals surface area (Å²) in [6.07, 6.45) is 4.82. The van der Waals surface area contributed by atoms with E-state index in [4.69, 9.17) is 4.74 Å². The summed E-state index contributed by atoms with van der Waals surface area (Å²) in [5, 5.41) is 0. The molecule has 1 heterocycles. The largest absolute Gasteiger partial charge is 0.481 e. The number of pyridine rings is 1. The van der Waals surface area contributed by atoms with E-state index in [0.717, 1.165) is 10.0 Å². The van der Waals surface area contributed by atoms with Crippen LogP contribution < -0.4 is 4.74 Å². The van der Waals surface area contributed by atoms with E-state index in [0.29, 0.717) is 11.4 Å². The summed E-state index contributed by atoms with van der Waals surface area (Å²) in [5.41, 5.74) is 1.51. The van der Waals surface area contributed by atoms with Crippen LogP contribution in [0.3, 0.4) is 0 Å². The Morgan fingerprint density at radius 1 is 1.21 bits per heavy atom. The zero-order valence-electron chi connectivity index (χ0n) is 10.3. The normalized spacial score (nSPS) is 10.6. The minimum Gasteiger partial charge on any atom is -0.481 e. The van der Waals surface area contributed by atoms with Crippen LogP contribution >= 0.6 is 15.9 Å². The molecule has 0 bridgehead atoms. The number of carbonyl (C=O) groups is 1. The highest BCUT2D eigenvalue weighted by Crippen LogP contribution is 2.12. The van der Waals surface area contributed by atoms with Crippen molar-refractivity contribution in [3.63, 3.8) is 0 Å². The number of methoxy groups -OCH3 is 1. The maximum Gasteiger partial charge on any atom is 0.212 e. The Kier molecular flexibility index (Phi) is 4.47. The molecule has 19 heavy (non-hydrogen) atoms. The van der Waals surface area contributed by atoms with E-state index < -0.39 is 0 Å². The molecule has 1 aromatic heterocycles. The zero-order chi connectivity index (χ0) is 13.7. The molecular weight excluding hydrogens is 306 g/mol. The molecule has 0 amide bonds. The second kappa shape index (κ2) is 6.29. The molecule has 1 aromatic carbocycles. The van der Waals surface area contributed by atoms with Crippen molar-refractivity contribution in [2.75, 3.05) is 7.11 Å². The SMILES string of the molecule is COc1ccc(C(=O)/C=C/c2ccc(Br)cc2)cn1. The van der Waals surface area contributed by atoms with Crippen LogP contribution in [0.1, 0.15) is 15.9 Å². The Balaban J connectivity index is 2.09. The van der Waals surface area contributed by atoms with Gasteiger partial charge in [-0.1, -0.05) is 34.1 Å². The second-order valence-corrected chi connectivity index (χ2v) is 4.75. The third kappa shape index (κ3) is 3.76. The first-order valence-corrected chi connectivity index (χ1v) is 6.46. The number of rotatable bonds is 4. The van der Waals surface area contributed by atoms with Gasteiger partial charge in [0.15, 0.2) is 5.78 Å². The van der Waals surface area contributed by atoms with E-state index in [1.54, 1.807) is 18.2 Å². The molecule has 0 unspecified atom stereocenters. The standard InChI is InChI=1S/C15H12BrNO2/c1-19-15-9-5-12(10-17-15)14(18)8-4-11-2-6-13(16)7-3-11/h2-10H,1H3/b8-4+. The van der Waals surface area contributed by atoms with Gasteiger partial charge >= 0.3 is 0 Å². The van der Waals surface area contributed by atoms with Crippen LogP contribution in [0.5, 0.6) is 5.88 Å². The molecule has 4 heteroatoms. The van der Waals surface area contributed by atoms with Gasteiger partial charge in [0.05, 0.1) is 7.11 Å². The first kappa shape index (κ1) is 13.5. The van der Waals surface area contributed by atoms with Crippen LogP contribution in [0.4, 0.5) is 0 Å². The van der Waals surface area contributed by atoms with Crippen molar-refractivity contribution in [1.82, 2.24) is 4.98 Å². The van der Waals surface area contributed by atoms with E-state index in [9.17, 15) is 4.79 Å². The van der Waals surface area contributed by atoms with Crippen molar-refractivity contribution in [3.05, 3.63) is 64.3 Å². The highest BCUT2D eigenvalue weighted by atomic mass is 79.9. The van der Waals surface area contributed by atoms with Crippen LogP contribution in [-0.4, -0.2) is 17.9 Å². The van der Waals surface area contributed by atoms with Crippen LogP contribution in [0.25, 0.3) is 6.08 Å². The lowest BCUT2D eigenvalue weighted by Gasteiger charge is -1.99. The summed E-state index contributed by atoms with van der Waals surface area (Å²) in [6.45, 7) is 0. The minimum atomic E-state index is -0.0851. The molecule has 0 saturated heterocycles. The van der Waals surface area contributed by atoms with Crippen molar-refractivity contribution in [3.8, 4) is 5.88 Å². The average molecular weight is 318 g/mol. The van der Waals surface area contributed by atoms with Crippen molar-refractivity contribution in [2.45, 2.75) is 0 Å². The number of hydrogen-bond donors (Lipinski definition) is 0. The van der Waals surface area contributed by atoms with Gasteiger partial charge in [-0.2, -0.15) is 0 Å². The average Bonchev–Trinajstić information content (AvgIpc) is 2.46. The summed E-state index contributed by atoms with van der Waals surface area (Å²) in [4.78, 5) is 15.9. The molecule has 96 valence electrons. The van der Waals surface area contributed by atoms with E-state index in [2.05, 4.69) is 20.9 Å². The molecule has 3 nitrogen and oxygen atoms in total. The Hall–Kier alpha value is -1.94. The van der Waals surface area contributed by atoms with Crippen molar-refractivity contribution < 1.29 is 9.53 Å². The quantitative estimate of drug-likeness (QED) is 0.637. The molecule has 0 saturated carbocycles. The summed E-state index contributed by atoms with van der Waals surface area (Å²) in [7, 11) is 1.54. The molecule has 2 rings (SSSR count). The molecule has 0 atom stereocenters. The molecule has 0 fully saturated rings. The molecule has 0 aliphatic carbocycles. The van der Waals surface area contributed by atoms with Gasteiger partial charge in [-0.25, -0.2) is 4.98 Å². The van der Waals surface area contributed by atoms with Crippen LogP contribution in [0.2, 0.25) is 0 Å². The fraction of sp³-hybridized carbons (Fsp3) is 0.0667. The van der Waals surface area contributed by atoms with Crippen molar-refractivity contribution >= 4 is 27.8 Å². The molecular formula is C15H12BrNO2. The van der Waals surface area contributed by atoms with Gasteiger partial charge in [0.2, 0.25) is 5.88 Å².